The third kappa shape index (κ3) is 5.81. The first kappa shape index (κ1) is 23.2. The molecule has 1 N–H and O–H groups in total. The SMILES string of the molecule is CC.CCOc1c(C(C)C(=O)NCc2nccnc2Cl)cc(Cl)c(C)c1C. The minimum Gasteiger partial charge on any atom is -0.493 e. The molecule has 0 aliphatic carbocycles. The monoisotopic (exact) mass is 411 g/mol. The van der Waals surface area contributed by atoms with E-state index in [1.165, 1.54) is 12.4 Å². The molecular weight excluding hydrogens is 385 g/mol. The molecule has 0 saturated carbocycles. The average molecular weight is 412 g/mol. The summed E-state index contributed by atoms with van der Waals surface area (Å²) >= 11 is 12.3. The van der Waals surface area contributed by atoms with Crippen LogP contribution in [0.4, 0.5) is 0 Å². The summed E-state index contributed by atoms with van der Waals surface area (Å²) in [5.74, 6) is 0.111. The zero-order chi connectivity index (χ0) is 20.6. The predicted molar refractivity (Wildman–Crippen MR) is 111 cm³/mol. The minimum absolute atomic E-state index is 0.165. The number of carbonyl (C=O) groups is 1. The maximum atomic E-state index is 12.6. The van der Waals surface area contributed by atoms with Crippen LogP contribution in [0, 0.1) is 13.8 Å². The number of benzene rings is 1. The fourth-order valence-electron chi connectivity index (χ4n) is 2.47. The van der Waals surface area contributed by atoms with E-state index in [0.29, 0.717) is 23.1 Å². The summed E-state index contributed by atoms with van der Waals surface area (Å²) in [6.07, 6.45) is 3.04. The molecule has 0 aliphatic heterocycles. The molecule has 1 aromatic carbocycles. The van der Waals surface area contributed by atoms with Gasteiger partial charge in [-0.05, 0) is 44.9 Å². The predicted octanol–water partition coefficient (Wildman–Crippen LogP) is 5.25. The Kier molecular flexibility index (Phi) is 9.53. The summed E-state index contributed by atoms with van der Waals surface area (Å²) in [7, 11) is 0. The van der Waals surface area contributed by atoms with Gasteiger partial charge in [-0.25, -0.2) is 4.98 Å². The molecule has 0 saturated heterocycles. The van der Waals surface area contributed by atoms with Crippen molar-refractivity contribution in [1.29, 1.82) is 0 Å². The Balaban J connectivity index is 0.00000176. The van der Waals surface area contributed by atoms with Crippen LogP contribution < -0.4 is 10.1 Å². The van der Waals surface area contributed by atoms with Gasteiger partial charge in [0.25, 0.3) is 0 Å². The number of carbonyl (C=O) groups excluding carboxylic acids is 1. The van der Waals surface area contributed by atoms with Crippen molar-refractivity contribution in [2.24, 2.45) is 0 Å². The highest BCUT2D eigenvalue weighted by molar-refractivity contribution is 6.31. The molecular formula is C20H27Cl2N3O2. The Morgan fingerprint density at radius 3 is 2.41 bits per heavy atom. The van der Waals surface area contributed by atoms with Crippen LogP contribution in [0.3, 0.4) is 0 Å². The Morgan fingerprint density at radius 1 is 1.19 bits per heavy atom. The van der Waals surface area contributed by atoms with Crippen molar-refractivity contribution in [3.8, 4) is 5.75 Å². The van der Waals surface area contributed by atoms with E-state index in [4.69, 9.17) is 27.9 Å². The van der Waals surface area contributed by atoms with Gasteiger partial charge in [0.15, 0.2) is 5.15 Å². The van der Waals surface area contributed by atoms with Gasteiger partial charge in [-0.2, -0.15) is 0 Å². The fourth-order valence-corrected chi connectivity index (χ4v) is 2.90. The lowest BCUT2D eigenvalue weighted by Crippen LogP contribution is -2.28. The van der Waals surface area contributed by atoms with Crippen molar-refractivity contribution < 1.29 is 9.53 Å². The first-order chi connectivity index (χ1) is 12.9. The summed E-state index contributed by atoms with van der Waals surface area (Å²) in [6.45, 7) is 12.3. The average Bonchev–Trinajstić information content (AvgIpc) is 2.68. The molecule has 1 aromatic heterocycles. The number of hydrogen-bond acceptors (Lipinski definition) is 4. The second-order valence-corrected chi connectivity index (χ2v) is 6.46. The standard InChI is InChI=1S/C18H21Cl2N3O2.C2H6/c1-5-25-16-11(3)10(2)14(19)8-13(16)12(4)18(24)23-9-15-17(20)22-7-6-21-15;1-2/h6-8,12H,5,9H2,1-4H3,(H,23,24);1-2H3. The zero-order valence-corrected chi connectivity index (χ0v) is 18.2. The van der Waals surface area contributed by atoms with E-state index in [9.17, 15) is 4.79 Å². The van der Waals surface area contributed by atoms with Crippen molar-refractivity contribution >= 4 is 29.1 Å². The molecule has 0 radical (unpaired) electrons. The van der Waals surface area contributed by atoms with Crippen LogP contribution in [0.1, 0.15) is 56.0 Å². The third-order valence-electron chi connectivity index (χ3n) is 4.11. The first-order valence-corrected chi connectivity index (χ1v) is 9.77. The molecule has 148 valence electrons. The molecule has 0 bridgehead atoms. The van der Waals surface area contributed by atoms with Crippen molar-refractivity contribution in [2.75, 3.05) is 6.61 Å². The number of rotatable bonds is 6. The Bertz CT molecular complexity index is 782. The topological polar surface area (TPSA) is 64.1 Å². The van der Waals surface area contributed by atoms with Crippen LogP contribution in [0.25, 0.3) is 0 Å². The molecule has 1 amide bonds. The number of nitrogens with one attached hydrogen (secondary N) is 1. The van der Waals surface area contributed by atoms with E-state index in [1.807, 2.05) is 41.5 Å². The zero-order valence-electron chi connectivity index (χ0n) is 16.7. The molecule has 0 fully saturated rings. The lowest BCUT2D eigenvalue weighted by Gasteiger charge is -2.20. The Hall–Kier alpha value is -1.85. The summed E-state index contributed by atoms with van der Waals surface area (Å²) in [5, 5.41) is 3.73. The van der Waals surface area contributed by atoms with Crippen LogP contribution in [-0.2, 0) is 11.3 Å². The number of halogens is 2. The van der Waals surface area contributed by atoms with Gasteiger partial charge in [-0.15, -0.1) is 0 Å². The maximum absolute atomic E-state index is 12.6. The molecule has 2 aromatic rings. The smallest absolute Gasteiger partial charge is 0.227 e. The van der Waals surface area contributed by atoms with Crippen LogP contribution in [0.2, 0.25) is 10.2 Å². The van der Waals surface area contributed by atoms with Crippen LogP contribution >= 0.6 is 23.2 Å². The quantitative estimate of drug-likeness (QED) is 0.704. The molecule has 27 heavy (non-hydrogen) atoms. The second-order valence-electron chi connectivity index (χ2n) is 5.69. The minimum atomic E-state index is -0.436. The van der Waals surface area contributed by atoms with E-state index in [1.54, 1.807) is 6.07 Å². The first-order valence-electron chi connectivity index (χ1n) is 9.02. The van der Waals surface area contributed by atoms with Gasteiger partial charge >= 0.3 is 0 Å². The van der Waals surface area contributed by atoms with Gasteiger partial charge in [0, 0.05) is 23.0 Å². The van der Waals surface area contributed by atoms with Gasteiger partial charge in [0.2, 0.25) is 5.91 Å². The van der Waals surface area contributed by atoms with E-state index >= 15 is 0 Å². The highest BCUT2D eigenvalue weighted by Crippen LogP contribution is 2.36. The van der Waals surface area contributed by atoms with Crippen molar-refractivity contribution in [3.05, 3.63) is 51.0 Å². The molecule has 1 atom stereocenters. The number of nitrogens with zero attached hydrogens (tertiary/aromatic N) is 2. The Morgan fingerprint density at radius 2 is 1.81 bits per heavy atom. The van der Waals surface area contributed by atoms with E-state index in [2.05, 4.69) is 15.3 Å². The van der Waals surface area contributed by atoms with Gasteiger partial charge < -0.3 is 10.1 Å². The van der Waals surface area contributed by atoms with Crippen molar-refractivity contribution in [2.45, 2.75) is 54.0 Å². The Labute approximate surface area is 171 Å². The van der Waals surface area contributed by atoms with Crippen molar-refractivity contribution in [1.82, 2.24) is 15.3 Å². The third-order valence-corrected chi connectivity index (χ3v) is 4.82. The number of aromatic nitrogens is 2. The number of ether oxygens (including phenoxy) is 1. The molecule has 1 heterocycles. The molecule has 7 heteroatoms. The van der Waals surface area contributed by atoms with Crippen LogP contribution in [0.5, 0.6) is 5.75 Å². The van der Waals surface area contributed by atoms with Gasteiger partial charge in [0.1, 0.15) is 5.75 Å². The fraction of sp³-hybridized carbons (Fsp3) is 0.450. The van der Waals surface area contributed by atoms with Crippen molar-refractivity contribution in [3.63, 3.8) is 0 Å². The molecule has 2 rings (SSSR count). The molecule has 0 spiro atoms. The summed E-state index contributed by atoms with van der Waals surface area (Å²) in [5.41, 5.74) is 3.18. The highest BCUT2D eigenvalue weighted by atomic mass is 35.5. The normalized spacial score (nSPS) is 11.3. The lowest BCUT2D eigenvalue weighted by atomic mass is 9.94. The lowest BCUT2D eigenvalue weighted by molar-refractivity contribution is -0.122. The van der Waals surface area contributed by atoms with Gasteiger partial charge in [-0.3, -0.25) is 9.78 Å². The summed E-state index contributed by atoms with van der Waals surface area (Å²) < 4.78 is 5.77. The summed E-state index contributed by atoms with van der Waals surface area (Å²) in [6, 6.07) is 1.80. The van der Waals surface area contributed by atoms with Gasteiger partial charge in [0.05, 0.1) is 24.8 Å². The number of amides is 1. The van der Waals surface area contributed by atoms with E-state index < -0.39 is 5.92 Å². The molecule has 5 nitrogen and oxygen atoms in total. The second kappa shape index (κ2) is 11.1. The largest absolute Gasteiger partial charge is 0.493 e. The van der Waals surface area contributed by atoms with E-state index in [-0.39, 0.29) is 17.6 Å². The highest BCUT2D eigenvalue weighted by Gasteiger charge is 2.23. The van der Waals surface area contributed by atoms with Gasteiger partial charge in [-0.1, -0.05) is 37.0 Å². The molecule has 0 aliphatic rings. The number of hydrogen-bond donors (Lipinski definition) is 1. The van der Waals surface area contributed by atoms with Crippen LogP contribution in [-0.4, -0.2) is 22.5 Å². The summed E-state index contributed by atoms with van der Waals surface area (Å²) in [4.78, 5) is 20.7. The maximum Gasteiger partial charge on any atom is 0.227 e. The molecule has 1 unspecified atom stereocenters. The van der Waals surface area contributed by atoms with Crippen LogP contribution in [0.15, 0.2) is 18.5 Å². The van der Waals surface area contributed by atoms with E-state index in [0.717, 1.165) is 16.7 Å².